The first-order valence-corrected chi connectivity index (χ1v) is 6.35. The minimum absolute atomic E-state index is 0.0610. The Morgan fingerprint density at radius 1 is 1.65 bits per heavy atom. The van der Waals surface area contributed by atoms with Crippen LogP contribution in [0.3, 0.4) is 0 Å². The normalized spacial score (nSPS) is 13.6. The Balaban J connectivity index is 3.08. The fourth-order valence-electron chi connectivity index (χ4n) is 1.30. The van der Waals surface area contributed by atoms with Crippen LogP contribution in [0.25, 0.3) is 0 Å². The summed E-state index contributed by atoms with van der Waals surface area (Å²) in [5, 5.41) is 8.79. The van der Waals surface area contributed by atoms with E-state index in [0.29, 0.717) is 0 Å². The van der Waals surface area contributed by atoms with Gasteiger partial charge in [0.05, 0.1) is 6.61 Å². The summed E-state index contributed by atoms with van der Waals surface area (Å²) < 4.78 is 27.2. The molecular weight excluding hydrogens is 246 g/mol. The molecule has 0 aromatic carbocycles. The van der Waals surface area contributed by atoms with Crippen LogP contribution < -0.4 is 10.5 Å². The minimum Gasteiger partial charge on any atom is -0.395 e. The second-order valence-corrected chi connectivity index (χ2v) is 5.46. The summed E-state index contributed by atoms with van der Waals surface area (Å²) in [7, 11) is -2.22. The Hall–Kier alpha value is -1.38. The molecule has 0 aliphatic carbocycles. The number of nitrogens with one attached hydrogen (secondary N) is 1. The summed E-state index contributed by atoms with van der Waals surface area (Å²) in [4.78, 5) is 10.9. The van der Waals surface area contributed by atoms with Gasteiger partial charge in [0.15, 0.2) is 0 Å². The van der Waals surface area contributed by atoms with E-state index in [1.807, 2.05) is 0 Å². The largest absolute Gasteiger partial charge is 0.395 e. The summed E-state index contributed by atoms with van der Waals surface area (Å²) in [6.45, 7) is 1.21. The minimum atomic E-state index is -3.75. The van der Waals surface area contributed by atoms with Gasteiger partial charge in [0.1, 0.15) is 10.6 Å². The van der Waals surface area contributed by atoms with Crippen molar-refractivity contribution in [1.29, 1.82) is 0 Å². The molecule has 7 nitrogen and oxygen atoms in total. The molecule has 0 aliphatic heterocycles. The number of amides is 1. The Morgan fingerprint density at radius 2 is 2.24 bits per heavy atom. The molecule has 0 spiro atoms. The maximum atomic E-state index is 11.8. The molecule has 0 aliphatic rings. The van der Waals surface area contributed by atoms with E-state index in [2.05, 4.69) is 4.72 Å². The first-order chi connectivity index (χ1) is 7.77. The Kier molecular flexibility index (Phi) is 3.91. The summed E-state index contributed by atoms with van der Waals surface area (Å²) in [5.41, 5.74) is 5.18. The molecule has 8 heteroatoms. The van der Waals surface area contributed by atoms with Crippen molar-refractivity contribution >= 4 is 15.9 Å². The van der Waals surface area contributed by atoms with Crippen LogP contribution in [0.15, 0.2) is 17.2 Å². The van der Waals surface area contributed by atoms with Crippen molar-refractivity contribution in [2.24, 2.45) is 12.8 Å². The molecule has 1 amide bonds. The van der Waals surface area contributed by atoms with Crippen molar-refractivity contribution < 1.29 is 18.3 Å². The van der Waals surface area contributed by atoms with Crippen LogP contribution in [0.5, 0.6) is 0 Å². The summed E-state index contributed by atoms with van der Waals surface area (Å²) >= 11 is 0. The van der Waals surface area contributed by atoms with Crippen LogP contribution >= 0.6 is 0 Å². The van der Waals surface area contributed by atoms with Crippen molar-refractivity contribution in [3.05, 3.63) is 18.0 Å². The molecule has 0 fully saturated rings. The van der Waals surface area contributed by atoms with Crippen LogP contribution in [-0.4, -0.2) is 36.6 Å². The highest BCUT2D eigenvalue weighted by Gasteiger charge is 2.21. The van der Waals surface area contributed by atoms with Gasteiger partial charge in [-0.1, -0.05) is 0 Å². The van der Waals surface area contributed by atoms with Gasteiger partial charge >= 0.3 is 0 Å². The highest BCUT2D eigenvalue weighted by atomic mass is 32.2. The van der Waals surface area contributed by atoms with E-state index >= 15 is 0 Å². The number of aryl methyl sites for hydroxylation is 1. The molecule has 17 heavy (non-hydrogen) atoms. The van der Waals surface area contributed by atoms with Gasteiger partial charge in [-0.3, -0.25) is 4.79 Å². The number of aromatic nitrogens is 1. The van der Waals surface area contributed by atoms with Crippen molar-refractivity contribution in [2.45, 2.75) is 17.9 Å². The van der Waals surface area contributed by atoms with Gasteiger partial charge in [0.25, 0.3) is 5.91 Å². The predicted molar refractivity (Wildman–Crippen MR) is 60.8 cm³/mol. The van der Waals surface area contributed by atoms with Gasteiger partial charge in [-0.15, -0.1) is 0 Å². The fraction of sp³-hybridized carbons (Fsp3) is 0.444. The number of aliphatic hydroxyl groups excluding tert-OH is 1. The van der Waals surface area contributed by atoms with Crippen LogP contribution in [0.4, 0.5) is 0 Å². The number of aliphatic hydroxyl groups is 1. The lowest BCUT2D eigenvalue weighted by Crippen LogP contribution is -2.34. The second-order valence-electron chi connectivity index (χ2n) is 3.74. The molecule has 4 N–H and O–H groups in total. The summed E-state index contributed by atoms with van der Waals surface area (Å²) in [5.74, 6) is -0.704. The van der Waals surface area contributed by atoms with E-state index in [-0.39, 0.29) is 17.2 Å². The lowest BCUT2D eigenvalue weighted by atomic mass is 10.4. The average molecular weight is 261 g/mol. The summed E-state index contributed by atoms with van der Waals surface area (Å²) in [6, 6.07) is 0.589. The van der Waals surface area contributed by atoms with Crippen molar-refractivity contribution in [2.75, 3.05) is 6.61 Å². The van der Waals surface area contributed by atoms with Gasteiger partial charge in [0.2, 0.25) is 10.0 Å². The highest BCUT2D eigenvalue weighted by Crippen LogP contribution is 2.13. The number of nitrogens with two attached hydrogens (primary N) is 1. The molecule has 1 heterocycles. The van der Waals surface area contributed by atoms with Crippen LogP contribution in [0.2, 0.25) is 0 Å². The van der Waals surface area contributed by atoms with Gasteiger partial charge in [-0.05, 0) is 13.0 Å². The van der Waals surface area contributed by atoms with Crippen molar-refractivity contribution in [3.8, 4) is 0 Å². The third-order valence-electron chi connectivity index (χ3n) is 2.17. The monoisotopic (exact) mass is 261 g/mol. The zero-order valence-corrected chi connectivity index (χ0v) is 10.4. The molecule has 0 bridgehead atoms. The molecule has 0 saturated carbocycles. The van der Waals surface area contributed by atoms with E-state index in [0.717, 1.165) is 0 Å². The molecule has 1 rings (SSSR count). The first kappa shape index (κ1) is 13.7. The van der Waals surface area contributed by atoms with E-state index < -0.39 is 22.0 Å². The molecular formula is C9H15N3O4S. The van der Waals surface area contributed by atoms with Gasteiger partial charge in [-0.2, -0.15) is 0 Å². The zero-order chi connectivity index (χ0) is 13.2. The molecule has 0 saturated heterocycles. The lowest BCUT2D eigenvalue weighted by molar-refractivity contribution is 0.0992. The number of hydrogen-bond acceptors (Lipinski definition) is 4. The standard InChI is InChI=1S/C9H15N3O4S/c1-6(5-13)11-17(15,16)7-3-8(9(10)14)12(2)4-7/h3-4,6,11,13H,5H2,1-2H3,(H2,10,14). The number of hydrogen-bond donors (Lipinski definition) is 3. The first-order valence-electron chi connectivity index (χ1n) is 4.87. The number of sulfonamides is 1. The predicted octanol–water partition coefficient (Wildman–Crippen LogP) is -1.22. The topological polar surface area (TPSA) is 114 Å². The second kappa shape index (κ2) is 4.86. The Labute approximate surface area is 99.3 Å². The van der Waals surface area contributed by atoms with E-state index in [1.165, 1.54) is 30.8 Å². The number of rotatable bonds is 5. The van der Waals surface area contributed by atoms with Crippen molar-refractivity contribution in [3.63, 3.8) is 0 Å². The van der Waals surface area contributed by atoms with Gasteiger partial charge in [-0.25, -0.2) is 13.1 Å². The maximum absolute atomic E-state index is 11.8. The van der Waals surface area contributed by atoms with E-state index in [9.17, 15) is 13.2 Å². The van der Waals surface area contributed by atoms with Gasteiger partial charge < -0.3 is 15.4 Å². The van der Waals surface area contributed by atoms with E-state index in [1.54, 1.807) is 0 Å². The van der Waals surface area contributed by atoms with Crippen LogP contribution in [-0.2, 0) is 17.1 Å². The highest BCUT2D eigenvalue weighted by molar-refractivity contribution is 7.89. The van der Waals surface area contributed by atoms with Crippen molar-refractivity contribution in [1.82, 2.24) is 9.29 Å². The average Bonchev–Trinajstić information content (AvgIpc) is 2.60. The smallest absolute Gasteiger partial charge is 0.265 e. The molecule has 1 atom stereocenters. The van der Waals surface area contributed by atoms with Gasteiger partial charge in [0, 0.05) is 19.3 Å². The molecule has 1 aromatic heterocycles. The molecule has 1 unspecified atom stereocenters. The fourth-order valence-corrected chi connectivity index (χ4v) is 2.60. The number of carbonyl (C=O) groups is 1. The number of nitrogens with zero attached hydrogens (tertiary/aromatic N) is 1. The summed E-state index contributed by atoms with van der Waals surface area (Å²) in [6.07, 6.45) is 1.28. The Morgan fingerprint density at radius 3 is 2.65 bits per heavy atom. The maximum Gasteiger partial charge on any atom is 0.265 e. The molecule has 96 valence electrons. The molecule has 0 radical (unpaired) electrons. The lowest BCUT2D eigenvalue weighted by Gasteiger charge is -2.09. The molecule has 1 aromatic rings. The van der Waals surface area contributed by atoms with Crippen LogP contribution in [0.1, 0.15) is 17.4 Å². The Bertz CT molecular complexity index is 520. The quantitative estimate of drug-likeness (QED) is 0.616. The zero-order valence-electron chi connectivity index (χ0n) is 9.54. The van der Waals surface area contributed by atoms with E-state index in [4.69, 9.17) is 10.8 Å². The number of primary amides is 1. The number of carbonyl (C=O) groups excluding carboxylic acids is 1. The third-order valence-corrected chi connectivity index (χ3v) is 3.73. The van der Waals surface area contributed by atoms with Crippen LogP contribution in [0, 0.1) is 0 Å². The third kappa shape index (κ3) is 3.05. The SMILES string of the molecule is CC(CO)NS(=O)(=O)c1cc(C(N)=O)n(C)c1.